The standard InChI is InChI=1S/C12H21N3O2/c1-3-5-13-8-11-9-15-12(10-14-11)17-7-4-6-16-2/h9-10,13H,3-8H2,1-2H3. The minimum atomic E-state index is 0.570. The molecule has 1 aromatic heterocycles. The van der Waals surface area contributed by atoms with Gasteiger partial charge in [-0.05, 0) is 13.0 Å². The van der Waals surface area contributed by atoms with E-state index < -0.39 is 0 Å². The summed E-state index contributed by atoms with van der Waals surface area (Å²) in [4.78, 5) is 8.46. The third kappa shape index (κ3) is 6.19. The third-order valence-corrected chi connectivity index (χ3v) is 2.16. The SMILES string of the molecule is CCCNCc1cnc(OCCCOC)cn1. The van der Waals surface area contributed by atoms with Crippen LogP contribution in [0.2, 0.25) is 0 Å². The number of nitrogens with zero attached hydrogens (tertiary/aromatic N) is 2. The zero-order valence-corrected chi connectivity index (χ0v) is 10.6. The third-order valence-electron chi connectivity index (χ3n) is 2.16. The van der Waals surface area contributed by atoms with E-state index in [9.17, 15) is 0 Å². The maximum atomic E-state index is 5.41. The Balaban J connectivity index is 2.24. The van der Waals surface area contributed by atoms with Gasteiger partial charge in [0.25, 0.3) is 0 Å². The van der Waals surface area contributed by atoms with Crippen LogP contribution in [-0.4, -0.2) is 36.8 Å². The molecule has 0 unspecified atom stereocenters. The number of methoxy groups -OCH3 is 1. The number of rotatable bonds is 9. The highest BCUT2D eigenvalue weighted by Crippen LogP contribution is 2.04. The molecule has 0 spiro atoms. The van der Waals surface area contributed by atoms with Gasteiger partial charge in [0.2, 0.25) is 5.88 Å². The van der Waals surface area contributed by atoms with Crippen LogP contribution in [0.25, 0.3) is 0 Å². The number of ether oxygens (including phenoxy) is 2. The summed E-state index contributed by atoms with van der Waals surface area (Å²) in [6, 6.07) is 0. The Labute approximate surface area is 103 Å². The second-order valence-corrected chi connectivity index (χ2v) is 3.72. The molecule has 5 heteroatoms. The highest BCUT2D eigenvalue weighted by Gasteiger charge is 1.98. The Bertz CT molecular complexity index is 290. The Morgan fingerprint density at radius 1 is 1.24 bits per heavy atom. The molecule has 1 rings (SSSR count). The van der Waals surface area contributed by atoms with Gasteiger partial charge in [-0.2, -0.15) is 0 Å². The molecule has 96 valence electrons. The number of nitrogens with one attached hydrogen (secondary N) is 1. The van der Waals surface area contributed by atoms with Gasteiger partial charge in [0.15, 0.2) is 0 Å². The van der Waals surface area contributed by atoms with E-state index in [1.165, 1.54) is 0 Å². The van der Waals surface area contributed by atoms with E-state index >= 15 is 0 Å². The highest BCUT2D eigenvalue weighted by molar-refractivity contribution is 5.06. The monoisotopic (exact) mass is 239 g/mol. The first-order chi connectivity index (χ1) is 8.36. The molecule has 0 saturated carbocycles. The molecular weight excluding hydrogens is 218 g/mol. The molecule has 1 aromatic rings. The van der Waals surface area contributed by atoms with Crippen molar-refractivity contribution in [2.45, 2.75) is 26.3 Å². The molecule has 0 atom stereocenters. The second kappa shape index (κ2) is 8.90. The topological polar surface area (TPSA) is 56.3 Å². The van der Waals surface area contributed by atoms with Crippen LogP contribution in [0.15, 0.2) is 12.4 Å². The average molecular weight is 239 g/mol. The van der Waals surface area contributed by atoms with Crippen LogP contribution < -0.4 is 10.1 Å². The first-order valence-corrected chi connectivity index (χ1v) is 6.00. The van der Waals surface area contributed by atoms with E-state index in [0.717, 1.165) is 31.6 Å². The van der Waals surface area contributed by atoms with Crippen molar-refractivity contribution < 1.29 is 9.47 Å². The number of hydrogen-bond acceptors (Lipinski definition) is 5. The lowest BCUT2D eigenvalue weighted by atomic mass is 10.4. The fourth-order valence-electron chi connectivity index (χ4n) is 1.28. The predicted molar refractivity (Wildman–Crippen MR) is 66.0 cm³/mol. The molecule has 0 radical (unpaired) electrons. The lowest BCUT2D eigenvalue weighted by molar-refractivity contribution is 0.170. The molecule has 0 saturated heterocycles. The molecule has 0 aliphatic rings. The summed E-state index contributed by atoms with van der Waals surface area (Å²) < 4.78 is 10.3. The zero-order chi connectivity index (χ0) is 12.3. The minimum absolute atomic E-state index is 0.570. The second-order valence-electron chi connectivity index (χ2n) is 3.72. The molecular formula is C12H21N3O2. The minimum Gasteiger partial charge on any atom is -0.476 e. The van der Waals surface area contributed by atoms with E-state index in [0.29, 0.717) is 19.1 Å². The van der Waals surface area contributed by atoms with Gasteiger partial charge in [0.05, 0.1) is 24.7 Å². The van der Waals surface area contributed by atoms with Crippen LogP contribution in [0, 0.1) is 0 Å². The highest BCUT2D eigenvalue weighted by atomic mass is 16.5. The molecule has 17 heavy (non-hydrogen) atoms. The van der Waals surface area contributed by atoms with E-state index in [1.54, 1.807) is 19.5 Å². The summed E-state index contributed by atoms with van der Waals surface area (Å²) in [5, 5.41) is 3.27. The van der Waals surface area contributed by atoms with Crippen molar-refractivity contribution in [3.05, 3.63) is 18.1 Å². The zero-order valence-electron chi connectivity index (χ0n) is 10.6. The van der Waals surface area contributed by atoms with E-state index in [4.69, 9.17) is 9.47 Å². The first-order valence-electron chi connectivity index (χ1n) is 6.00. The van der Waals surface area contributed by atoms with Gasteiger partial charge in [-0.25, -0.2) is 4.98 Å². The Kier molecular flexibility index (Phi) is 7.25. The number of hydrogen-bond donors (Lipinski definition) is 1. The van der Waals surface area contributed by atoms with Gasteiger partial charge >= 0.3 is 0 Å². The molecule has 1 heterocycles. The van der Waals surface area contributed by atoms with Crippen molar-refractivity contribution in [3.63, 3.8) is 0 Å². The van der Waals surface area contributed by atoms with Crippen LogP contribution in [0.5, 0.6) is 5.88 Å². The van der Waals surface area contributed by atoms with E-state index in [2.05, 4.69) is 22.2 Å². The van der Waals surface area contributed by atoms with Crippen molar-refractivity contribution in [1.82, 2.24) is 15.3 Å². The van der Waals surface area contributed by atoms with Crippen LogP contribution in [0.3, 0.4) is 0 Å². The largest absolute Gasteiger partial charge is 0.476 e. The van der Waals surface area contributed by atoms with Gasteiger partial charge in [0.1, 0.15) is 0 Å². The maximum absolute atomic E-state index is 5.41. The summed E-state index contributed by atoms with van der Waals surface area (Å²) in [7, 11) is 1.68. The fourth-order valence-corrected chi connectivity index (χ4v) is 1.28. The molecule has 0 fully saturated rings. The van der Waals surface area contributed by atoms with Gasteiger partial charge in [-0.1, -0.05) is 6.92 Å². The van der Waals surface area contributed by atoms with Crippen molar-refractivity contribution in [2.24, 2.45) is 0 Å². The molecule has 0 aliphatic carbocycles. The Morgan fingerprint density at radius 3 is 2.76 bits per heavy atom. The normalized spacial score (nSPS) is 10.5. The number of aromatic nitrogens is 2. The van der Waals surface area contributed by atoms with Gasteiger partial charge < -0.3 is 14.8 Å². The lowest BCUT2D eigenvalue weighted by Gasteiger charge is -2.05. The molecule has 0 amide bonds. The van der Waals surface area contributed by atoms with Crippen molar-refractivity contribution in [3.8, 4) is 5.88 Å². The van der Waals surface area contributed by atoms with Crippen LogP contribution in [0.1, 0.15) is 25.5 Å². The predicted octanol–water partition coefficient (Wildman–Crippen LogP) is 1.39. The van der Waals surface area contributed by atoms with Crippen LogP contribution >= 0.6 is 0 Å². The smallest absolute Gasteiger partial charge is 0.232 e. The quantitative estimate of drug-likeness (QED) is 0.660. The maximum Gasteiger partial charge on any atom is 0.232 e. The van der Waals surface area contributed by atoms with E-state index in [-0.39, 0.29) is 0 Å². The van der Waals surface area contributed by atoms with Gasteiger partial charge in [0, 0.05) is 26.7 Å². The fraction of sp³-hybridized carbons (Fsp3) is 0.667. The van der Waals surface area contributed by atoms with Gasteiger partial charge in [-0.15, -0.1) is 0 Å². The molecule has 5 nitrogen and oxygen atoms in total. The molecule has 0 aliphatic heterocycles. The van der Waals surface area contributed by atoms with Crippen LogP contribution in [-0.2, 0) is 11.3 Å². The van der Waals surface area contributed by atoms with Crippen molar-refractivity contribution >= 4 is 0 Å². The van der Waals surface area contributed by atoms with Gasteiger partial charge in [-0.3, -0.25) is 4.98 Å². The first kappa shape index (κ1) is 13.9. The Hall–Kier alpha value is -1.20. The van der Waals surface area contributed by atoms with Crippen LogP contribution in [0.4, 0.5) is 0 Å². The molecule has 1 N–H and O–H groups in total. The van der Waals surface area contributed by atoms with E-state index in [1.807, 2.05) is 0 Å². The molecule has 0 bridgehead atoms. The average Bonchev–Trinajstić information content (AvgIpc) is 2.37. The summed E-state index contributed by atoms with van der Waals surface area (Å²) in [5.74, 6) is 0.570. The Morgan fingerprint density at radius 2 is 2.12 bits per heavy atom. The summed E-state index contributed by atoms with van der Waals surface area (Å²) in [6.45, 7) is 5.19. The summed E-state index contributed by atoms with van der Waals surface area (Å²) in [5.41, 5.74) is 0.933. The lowest BCUT2D eigenvalue weighted by Crippen LogP contribution is -2.15. The van der Waals surface area contributed by atoms with Crippen molar-refractivity contribution in [1.29, 1.82) is 0 Å². The van der Waals surface area contributed by atoms with Crippen molar-refractivity contribution in [2.75, 3.05) is 26.9 Å². The molecule has 0 aromatic carbocycles. The summed E-state index contributed by atoms with van der Waals surface area (Å²) in [6.07, 6.45) is 5.39. The summed E-state index contributed by atoms with van der Waals surface area (Å²) >= 11 is 0.